The van der Waals surface area contributed by atoms with Crippen LogP contribution in [0.3, 0.4) is 0 Å². The van der Waals surface area contributed by atoms with Crippen molar-refractivity contribution in [3.8, 4) is 0 Å². The minimum Gasteiger partial charge on any atom is -1.00 e. The molecule has 3 nitrogen and oxygen atoms in total. The van der Waals surface area contributed by atoms with Crippen LogP contribution in [-0.4, -0.2) is 43.2 Å². The van der Waals surface area contributed by atoms with E-state index in [1.165, 1.54) is 22.3 Å². The van der Waals surface area contributed by atoms with Gasteiger partial charge in [-0.1, -0.05) is 60.7 Å². The number of carbonyl (C=O) groups excluding carboxylic acids is 1. The van der Waals surface area contributed by atoms with Gasteiger partial charge in [0.25, 0.3) is 0 Å². The summed E-state index contributed by atoms with van der Waals surface area (Å²) in [6.45, 7) is 5.98. The lowest BCUT2D eigenvalue weighted by atomic mass is 9.76. The molecular weight excluding hydrogens is 370 g/mol. The number of rotatable bonds is 5. The maximum atomic E-state index is 12.3. The average molecular weight is 398 g/mol. The van der Waals surface area contributed by atoms with Gasteiger partial charge in [-0.05, 0) is 35.1 Å². The summed E-state index contributed by atoms with van der Waals surface area (Å²) >= 11 is 0. The van der Waals surface area contributed by atoms with Crippen LogP contribution in [0.2, 0.25) is 0 Å². The first-order valence-electron chi connectivity index (χ1n) is 10.1. The number of halogens is 1. The SMILES string of the molecule is CCOC(=O)C[N+]12CCC(CC1)C(=C(c1ccccc1)c1ccccc1)C2.[Cl-]. The third-order valence-electron chi connectivity index (χ3n) is 6.12. The van der Waals surface area contributed by atoms with Crippen molar-refractivity contribution in [3.05, 3.63) is 77.4 Å². The Balaban J connectivity index is 0.00000225. The monoisotopic (exact) mass is 397 g/mol. The van der Waals surface area contributed by atoms with Crippen molar-refractivity contribution in [2.45, 2.75) is 19.8 Å². The number of nitrogens with zero attached hydrogens (tertiary/aromatic N) is 1. The van der Waals surface area contributed by atoms with E-state index in [1.807, 2.05) is 6.92 Å². The molecule has 3 aliphatic rings. The maximum absolute atomic E-state index is 12.3. The second-order valence-electron chi connectivity index (χ2n) is 7.82. The van der Waals surface area contributed by atoms with Crippen LogP contribution in [0.15, 0.2) is 66.2 Å². The van der Waals surface area contributed by atoms with Crippen LogP contribution in [0.4, 0.5) is 0 Å². The minimum absolute atomic E-state index is 0. The van der Waals surface area contributed by atoms with Crippen LogP contribution in [-0.2, 0) is 9.53 Å². The highest BCUT2D eigenvalue weighted by molar-refractivity contribution is 5.82. The summed E-state index contributed by atoms with van der Waals surface area (Å²) in [7, 11) is 0. The molecule has 0 unspecified atom stereocenters. The summed E-state index contributed by atoms with van der Waals surface area (Å²) in [5, 5.41) is 0. The molecule has 3 fully saturated rings. The number of quaternary nitrogens is 1. The molecule has 0 saturated carbocycles. The molecule has 0 atom stereocenters. The molecular formula is C24H28ClNO2. The zero-order valence-electron chi connectivity index (χ0n) is 16.4. The standard InChI is InChI=1S/C24H28NO2.ClH/c1-2-27-23(26)18-25-15-13-19(14-16-25)22(17-25)24(20-9-5-3-6-10-20)21-11-7-4-8-12-21;/h3-12,19H,2,13-18H2,1H3;1H/q+1;/p-1. The van der Waals surface area contributed by atoms with Crippen molar-refractivity contribution in [2.24, 2.45) is 5.92 Å². The second-order valence-corrected chi connectivity index (χ2v) is 7.82. The average Bonchev–Trinajstić information content (AvgIpc) is 2.70. The smallest absolute Gasteiger partial charge is 0.361 e. The number of ether oxygens (including phenoxy) is 1. The fourth-order valence-corrected chi connectivity index (χ4v) is 4.84. The van der Waals surface area contributed by atoms with E-state index in [1.54, 1.807) is 0 Å². The van der Waals surface area contributed by atoms with Gasteiger partial charge >= 0.3 is 5.97 Å². The van der Waals surface area contributed by atoms with E-state index < -0.39 is 0 Å². The number of hydrogen-bond donors (Lipinski definition) is 0. The van der Waals surface area contributed by atoms with Gasteiger partial charge in [0.15, 0.2) is 6.54 Å². The van der Waals surface area contributed by atoms with Crippen LogP contribution in [0, 0.1) is 5.92 Å². The first-order valence-corrected chi connectivity index (χ1v) is 10.1. The highest BCUT2D eigenvalue weighted by Gasteiger charge is 2.45. The molecule has 0 spiro atoms. The molecule has 2 aromatic carbocycles. The fraction of sp³-hybridized carbons (Fsp3) is 0.375. The molecule has 148 valence electrons. The largest absolute Gasteiger partial charge is 1.00 e. The molecule has 3 saturated heterocycles. The number of fused-ring (bicyclic) bond motifs is 3. The van der Waals surface area contributed by atoms with Crippen LogP contribution in [0.5, 0.6) is 0 Å². The van der Waals surface area contributed by atoms with Crippen LogP contribution < -0.4 is 12.4 Å². The van der Waals surface area contributed by atoms with E-state index in [0.717, 1.165) is 37.0 Å². The summed E-state index contributed by atoms with van der Waals surface area (Å²) in [6, 6.07) is 21.4. The zero-order valence-corrected chi connectivity index (χ0v) is 17.2. The van der Waals surface area contributed by atoms with Gasteiger partial charge < -0.3 is 21.6 Å². The summed E-state index contributed by atoms with van der Waals surface area (Å²) in [4.78, 5) is 12.3. The highest BCUT2D eigenvalue weighted by Crippen LogP contribution is 2.42. The molecule has 2 aromatic rings. The van der Waals surface area contributed by atoms with Gasteiger partial charge in [0.05, 0.1) is 19.7 Å². The summed E-state index contributed by atoms with van der Waals surface area (Å²) in [5.41, 5.74) is 5.45. The van der Waals surface area contributed by atoms with Gasteiger partial charge in [0, 0.05) is 12.8 Å². The maximum Gasteiger partial charge on any atom is 0.361 e. The lowest BCUT2D eigenvalue weighted by Gasteiger charge is -2.50. The Morgan fingerprint density at radius 2 is 1.50 bits per heavy atom. The van der Waals surface area contributed by atoms with E-state index in [-0.39, 0.29) is 18.4 Å². The molecule has 0 radical (unpaired) electrons. The van der Waals surface area contributed by atoms with E-state index in [2.05, 4.69) is 60.7 Å². The number of carbonyl (C=O) groups is 1. The van der Waals surface area contributed by atoms with Gasteiger partial charge in [-0.15, -0.1) is 0 Å². The lowest BCUT2D eigenvalue weighted by Crippen LogP contribution is -3.00. The van der Waals surface area contributed by atoms with Gasteiger partial charge in [0.1, 0.15) is 6.54 Å². The molecule has 5 rings (SSSR count). The van der Waals surface area contributed by atoms with Crippen LogP contribution in [0.25, 0.3) is 5.57 Å². The minimum atomic E-state index is -0.0572. The Hall–Kier alpha value is -2.10. The quantitative estimate of drug-likeness (QED) is 0.561. The van der Waals surface area contributed by atoms with Gasteiger partial charge in [-0.2, -0.15) is 0 Å². The Labute approximate surface area is 174 Å². The normalized spacial score (nSPS) is 23.0. The van der Waals surface area contributed by atoms with Gasteiger partial charge in [0.2, 0.25) is 0 Å². The highest BCUT2D eigenvalue weighted by atomic mass is 35.5. The number of benzene rings is 2. The van der Waals surface area contributed by atoms with Crippen LogP contribution >= 0.6 is 0 Å². The topological polar surface area (TPSA) is 26.3 Å². The van der Waals surface area contributed by atoms with E-state index >= 15 is 0 Å². The number of hydrogen-bond acceptors (Lipinski definition) is 2. The third-order valence-corrected chi connectivity index (χ3v) is 6.12. The Morgan fingerprint density at radius 3 is 2.00 bits per heavy atom. The predicted octanol–water partition coefficient (Wildman–Crippen LogP) is 1.30. The van der Waals surface area contributed by atoms with E-state index in [9.17, 15) is 4.79 Å². The number of esters is 1. The first kappa shape index (κ1) is 20.6. The summed E-state index contributed by atoms with van der Waals surface area (Å²) in [6.07, 6.45) is 2.33. The zero-order chi connectivity index (χ0) is 18.7. The molecule has 4 heteroatoms. The Morgan fingerprint density at radius 1 is 0.964 bits per heavy atom. The molecule has 0 aromatic heterocycles. The lowest BCUT2D eigenvalue weighted by molar-refractivity contribution is -0.929. The van der Waals surface area contributed by atoms with Crippen molar-refractivity contribution in [2.75, 3.05) is 32.8 Å². The van der Waals surface area contributed by atoms with Crippen molar-refractivity contribution >= 4 is 11.5 Å². The molecule has 3 aliphatic heterocycles. The summed E-state index contributed by atoms with van der Waals surface area (Å²) in [5.74, 6) is 0.570. The second kappa shape index (κ2) is 8.93. The molecule has 28 heavy (non-hydrogen) atoms. The van der Waals surface area contributed by atoms with Crippen molar-refractivity contribution in [1.29, 1.82) is 0 Å². The Kier molecular flexibility index (Phi) is 6.58. The van der Waals surface area contributed by atoms with Gasteiger partial charge in [-0.25, -0.2) is 4.79 Å². The van der Waals surface area contributed by atoms with Crippen molar-refractivity contribution in [1.82, 2.24) is 0 Å². The Bertz CT molecular complexity index is 783. The predicted molar refractivity (Wildman–Crippen MR) is 108 cm³/mol. The summed E-state index contributed by atoms with van der Waals surface area (Å²) < 4.78 is 6.14. The molecule has 0 N–H and O–H groups in total. The fourth-order valence-electron chi connectivity index (χ4n) is 4.84. The molecule has 0 aliphatic carbocycles. The molecule has 3 heterocycles. The van der Waals surface area contributed by atoms with E-state index in [4.69, 9.17) is 4.74 Å². The third kappa shape index (κ3) is 4.16. The van der Waals surface area contributed by atoms with Crippen molar-refractivity contribution in [3.63, 3.8) is 0 Å². The van der Waals surface area contributed by atoms with Crippen molar-refractivity contribution < 1.29 is 26.4 Å². The number of piperidine rings is 3. The first-order chi connectivity index (χ1) is 13.2. The van der Waals surface area contributed by atoms with Gasteiger partial charge in [-0.3, -0.25) is 0 Å². The van der Waals surface area contributed by atoms with E-state index in [0.29, 0.717) is 19.1 Å². The molecule has 0 amide bonds. The van der Waals surface area contributed by atoms with Crippen LogP contribution in [0.1, 0.15) is 30.9 Å². The molecule has 2 bridgehead atoms.